The van der Waals surface area contributed by atoms with Gasteiger partial charge in [-0.15, -0.1) is 0 Å². The lowest BCUT2D eigenvalue weighted by Crippen LogP contribution is -2.33. The summed E-state index contributed by atoms with van der Waals surface area (Å²) in [5.41, 5.74) is 2.56. The van der Waals surface area contributed by atoms with E-state index in [1.165, 1.54) is 18.0 Å². The van der Waals surface area contributed by atoms with E-state index in [4.69, 9.17) is 0 Å². The highest BCUT2D eigenvalue weighted by molar-refractivity contribution is 7.97. The van der Waals surface area contributed by atoms with Crippen LogP contribution in [0.15, 0.2) is 71.6 Å². The first kappa shape index (κ1) is 14.6. The SMILES string of the molecule is O=C(NNSc1ccccc1)c1c(F)ccc2ccccc12. The van der Waals surface area contributed by atoms with Crippen molar-refractivity contribution in [2.45, 2.75) is 4.90 Å². The van der Waals surface area contributed by atoms with Gasteiger partial charge in [-0.25, -0.2) is 4.39 Å². The summed E-state index contributed by atoms with van der Waals surface area (Å²) in [5.74, 6) is -1.04. The van der Waals surface area contributed by atoms with Crippen molar-refractivity contribution in [1.29, 1.82) is 0 Å². The number of carbonyl (C=O) groups is 1. The van der Waals surface area contributed by atoms with Crippen LogP contribution in [-0.4, -0.2) is 5.91 Å². The van der Waals surface area contributed by atoms with Gasteiger partial charge in [0, 0.05) is 4.90 Å². The Balaban J connectivity index is 1.76. The summed E-state index contributed by atoms with van der Waals surface area (Å²) in [4.78, 5) is 15.9. The molecule has 0 spiro atoms. The second-order valence-corrected chi connectivity index (χ2v) is 5.49. The average Bonchev–Trinajstić information content (AvgIpc) is 2.55. The third-order valence-electron chi connectivity index (χ3n) is 3.18. The molecule has 3 nitrogen and oxygen atoms in total. The molecule has 0 atom stereocenters. The van der Waals surface area contributed by atoms with Gasteiger partial charge < -0.3 is 0 Å². The minimum atomic E-state index is -0.539. The first-order chi connectivity index (χ1) is 10.8. The van der Waals surface area contributed by atoms with E-state index in [9.17, 15) is 9.18 Å². The van der Waals surface area contributed by atoms with Crippen LogP contribution in [-0.2, 0) is 0 Å². The topological polar surface area (TPSA) is 41.1 Å². The van der Waals surface area contributed by atoms with Crippen molar-refractivity contribution in [3.63, 3.8) is 0 Å². The summed E-state index contributed by atoms with van der Waals surface area (Å²) in [6.07, 6.45) is 0. The number of amides is 1. The zero-order valence-electron chi connectivity index (χ0n) is 11.5. The van der Waals surface area contributed by atoms with Crippen LogP contribution in [0.5, 0.6) is 0 Å². The molecule has 5 heteroatoms. The fourth-order valence-corrected chi connectivity index (χ4v) is 2.71. The Morgan fingerprint density at radius 2 is 1.64 bits per heavy atom. The number of hydrazine groups is 1. The van der Waals surface area contributed by atoms with Crippen LogP contribution in [0, 0.1) is 5.82 Å². The fraction of sp³-hybridized carbons (Fsp3) is 0. The van der Waals surface area contributed by atoms with Gasteiger partial charge in [0.05, 0.1) is 5.56 Å². The minimum absolute atomic E-state index is 0.0410. The summed E-state index contributed by atoms with van der Waals surface area (Å²) in [5, 5.41) is 1.41. The molecule has 0 bridgehead atoms. The highest BCUT2D eigenvalue weighted by Crippen LogP contribution is 2.21. The molecule has 22 heavy (non-hydrogen) atoms. The summed E-state index contributed by atoms with van der Waals surface area (Å²) < 4.78 is 14.0. The average molecular weight is 312 g/mol. The van der Waals surface area contributed by atoms with E-state index in [1.54, 1.807) is 18.2 Å². The van der Waals surface area contributed by atoms with Gasteiger partial charge in [0.25, 0.3) is 5.91 Å². The van der Waals surface area contributed by atoms with Crippen LogP contribution in [0.4, 0.5) is 4.39 Å². The Labute approximate surface area is 131 Å². The fourth-order valence-electron chi connectivity index (χ4n) is 2.16. The van der Waals surface area contributed by atoms with Crippen LogP contribution in [0.3, 0.4) is 0 Å². The lowest BCUT2D eigenvalue weighted by atomic mass is 10.0. The Kier molecular flexibility index (Phi) is 4.37. The van der Waals surface area contributed by atoms with Gasteiger partial charge in [-0.1, -0.05) is 48.5 Å². The van der Waals surface area contributed by atoms with Crippen molar-refractivity contribution in [2.75, 3.05) is 0 Å². The normalized spacial score (nSPS) is 10.6. The van der Waals surface area contributed by atoms with Crippen molar-refractivity contribution in [3.05, 3.63) is 78.1 Å². The quantitative estimate of drug-likeness (QED) is 0.567. The van der Waals surface area contributed by atoms with Crippen LogP contribution in [0.1, 0.15) is 10.4 Å². The number of rotatable bonds is 4. The van der Waals surface area contributed by atoms with Crippen molar-refractivity contribution in [1.82, 2.24) is 10.3 Å². The third-order valence-corrected chi connectivity index (χ3v) is 3.89. The number of nitrogens with one attached hydrogen (secondary N) is 2. The van der Waals surface area contributed by atoms with Crippen LogP contribution in [0.2, 0.25) is 0 Å². The summed E-state index contributed by atoms with van der Waals surface area (Å²) in [7, 11) is 0. The van der Waals surface area contributed by atoms with Crippen molar-refractivity contribution < 1.29 is 9.18 Å². The number of hydrogen-bond donors (Lipinski definition) is 2. The molecule has 0 aliphatic rings. The van der Waals surface area contributed by atoms with Crippen LogP contribution < -0.4 is 10.3 Å². The highest BCUT2D eigenvalue weighted by Gasteiger charge is 2.15. The molecule has 0 aromatic heterocycles. The van der Waals surface area contributed by atoms with E-state index >= 15 is 0 Å². The molecule has 3 aromatic rings. The van der Waals surface area contributed by atoms with Gasteiger partial charge in [-0.05, 0) is 40.9 Å². The van der Waals surface area contributed by atoms with E-state index in [2.05, 4.69) is 10.3 Å². The molecule has 0 heterocycles. The number of carbonyl (C=O) groups excluding carboxylic acids is 1. The maximum atomic E-state index is 14.0. The molecule has 2 N–H and O–H groups in total. The Morgan fingerprint density at radius 3 is 2.45 bits per heavy atom. The predicted molar refractivity (Wildman–Crippen MR) is 86.8 cm³/mol. The molecule has 0 unspecified atom stereocenters. The predicted octanol–water partition coefficient (Wildman–Crippen LogP) is 3.92. The Bertz CT molecular complexity index is 808. The smallest absolute Gasteiger partial charge is 0.269 e. The Morgan fingerprint density at radius 1 is 0.909 bits per heavy atom. The van der Waals surface area contributed by atoms with Gasteiger partial charge in [-0.3, -0.25) is 10.2 Å². The molecule has 0 aliphatic carbocycles. The van der Waals surface area contributed by atoms with Gasteiger partial charge in [0.15, 0.2) is 0 Å². The summed E-state index contributed by atoms with van der Waals surface area (Å²) in [6.45, 7) is 0. The second-order valence-electron chi connectivity index (χ2n) is 4.61. The molecule has 3 aromatic carbocycles. The van der Waals surface area contributed by atoms with Gasteiger partial charge in [-0.2, -0.15) is 4.83 Å². The number of hydrogen-bond acceptors (Lipinski definition) is 3. The van der Waals surface area contributed by atoms with Crippen LogP contribution in [0.25, 0.3) is 10.8 Å². The highest BCUT2D eigenvalue weighted by atomic mass is 32.2. The second kappa shape index (κ2) is 6.60. The van der Waals surface area contributed by atoms with Gasteiger partial charge >= 0.3 is 0 Å². The monoisotopic (exact) mass is 312 g/mol. The van der Waals surface area contributed by atoms with Crippen molar-refractivity contribution >= 4 is 28.6 Å². The maximum absolute atomic E-state index is 14.0. The molecule has 0 radical (unpaired) electrons. The lowest BCUT2D eigenvalue weighted by molar-refractivity contribution is 0.0945. The summed E-state index contributed by atoms with van der Waals surface area (Å²) >= 11 is 1.25. The molecule has 110 valence electrons. The molecule has 0 aliphatic heterocycles. The van der Waals surface area contributed by atoms with E-state index in [0.29, 0.717) is 5.39 Å². The van der Waals surface area contributed by atoms with Gasteiger partial charge in [0.2, 0.25) is 0 Å². The van der Waals surface area contributed by atoms with E-state index < -0.39 is 11.7 Å². The van der Waals surface area contributed by atoms with Crippen molar-refractivity contribution in [3.8, 4) is 0 Å². The van der Waals surface area contributed by atoms with E-state index in [1.807, 2.05) is 42.5 Å². The maximum Gasteiger partial charge on any atom is 0.269 e. The molecule has 0 saturated carbocycles. The summed E-state index contributed by atoms with van der Waals surface area (Å²) in [6, 6.07) is 19.7. The lowest BCUT2D eigenvalue weighted by Gasteiger charge is -2.09. The van der Waals surface area contributed by atoms with E-state index in [0.717, 1.165) is 10.3 Å². The molecular weight excluding hydrogens is 299 g/mol. The van der Waals surface area contributed by atoms with Crippen LogP contribution >= 0.6 is 11.9 Å². The number of halogens is 1. The molecule has 0 fully saturated rings. The molecular formula is C17H13FN2OS. The van der Waals surface area contributed by atoms with E-state index in [-0.39, 0.29) is 5.56 Å². The first-order valence-electron chi connectivity index (χ1n) is 6.70. The number of fused-ring (bicyclic) bond motifs is 1. The standard InChI is InChI=1S/C17H13FN2OS/c18-15-11-10-12-6-4-5-9-14(12)16(15)17(21)19-20-22-13-7-2-1-3-8-13/h1-11,20H,(H,19,21). The van der Waals surface area contributed by atoms with Crippen molar-refractivity contribution in [2.24, 2.45) is 0 Å². The zero-order chi connectivity index (χ0) is 15.4. The minimum Gasteiger partial charge on any atom is -0.277 e. The van der Waals surface area contributed by atoms with Gasteiger partial charge in [0.1, 0.15) is 5.82 Å². The largest absolute Gasteiger partial charge is 0.277 e. The third kappa shape index (κ3) is 3.10. The Hall–Kier alpha value is -2.37. The zero-order valence-corrected chi connectivity index (χ0v) is 12.4. The molecule has 0 saturated heterocycles. The first-order valence-corrected chi connectivity index (χ1v) is 7.52. The number of benzene rings is 3. The molecule has 1 amide bonds. The molecule has 3 rings (SSSR count).